The van der Waals surface area contributed by atoms with E-state index in [-0.39, 0.29) is 31.2 Å². The third-order valence-electron chi connectivity index (χ3n) is 4.11. The fourth-order valence-electron chi connectivity index (χ4n) is 2.76. The van der Waals surface area contributed by atoms with E-state index < -0.39 is 10.0 Å². The molecule has 0 aromatic heterocycles. The molecule has 2 aromatic carbocycles. The third kappa shape index (κ3) is 6.89. The predicted molar refractivity (Wildman–Crippen MR) is 120 cm³/mol. The molecule has 2 rings (SSSR count). The zero-order valence-electron chi connectivity index (χ0n) is 16.6. The first-order chi connectivity index (χ1) is 14.2. The molecule has 9 heteroatoms. The highest BCUT2D eigenvalue weighted by molar-refractivity contribution is 7.92. The van der Waals surface area contributed by atoms with Gasteiger partial charge in [0, 0.05) is 24.5 Å². The number of nitrogens with one attached hydrogen (secondary N) is 2. The lowest BCUT2D eigenvalue weighted by atomic mass is 10.1. The molecule has 0 bridgehead atoms. The molecule has 0 heterocycles. The van der Waals surface area contributed by atoms with Crippen molar-refractivity contribution in [3.8, 4) is 0 Å². The average Bonchev–Trinajstić information content (AvgIpc) is 2.69. The van der Waals surface area contributed by atoms with E-state index in [1.807, 2.05) is 0 Å². The van der Waals surface area contributed by atoms with Crippen LogP contribution in [0.15, 0.2) is 61.2 Å². The number of sulfonamides is 1. The number of hydrogen-bond donors (Lipinski definition) is 2. The van der Waals surface area contributed by atoms with Crippen molar-refractivity contribution < 1.29 is 18.0 Å². The Bertz CT molecular complexity index is 1020. The SMILES string of the molecule is C=CCNC(=O)c1ccccc1NC(=O)CCCN(c1cccc(Cl)c1)S(C)(=O)=O. The maximum absolute atomic E-state index is 12.4. The van der Waals surface area contributed by atoms with Gasteiger partial charge in [0.05, 0.1) is 23.2 Å². The molecule has 0 fully saturated rings. The summed E-state index contributed by atoms with van der Waals surface area (Å²) in [4.78, 5) is 24.6. The van der Waals surface area contributed by atoms with Crippen LogP contribution in [0.1, 0.15) is 23.2 Å². The van der Waals surface area contributed by atoms with Crippen LogP contribution in [-0.2, 0) is 14.8 Å². The number of anilines is 2. The first-order valence-electron chi connectivity index (χ1n) is 9.23. The Morgan fingerprint density at radius 3 is 2.57 bits per heavy atom. The van der Waals surface area contributed by atoms with E-state index in [9.17, 15) is 18.0 Å². The summed E-state index contributed by atoms with van der Waals surface area (Å²) in [6, 6.07) is 13.2. The zero-order valence-corrected chi connectivity index (χ0v) is 18.2. The molecule has 0 unspecified atom stereocenters. The maximum atomic E-state index is 12.4. The standard InChI is InChI=1S/C21H24ClN3O4S/c1-3-13-23-21(27)18-10-4-5-11-19(18)24-20(26)12-7-14-25(30(2,28)29)17-9-6-8-16(22)15-17/h3-6,8-11,15H,1,7,12-14H2,2H3,(H,23,27)(H,24,26). The maximum Gasteiger partial charge on any atom is 0.253 e. The van der Waals surface area contributed by atoms with Crippen LogP contribution in [0.5, 0.6) is 0 Å². The number of halogens is 1. The molecule has 0 aliphatic rings. The van der Waals surface area contributed by atoms with E-state index in [1.54, 1.807) is 54.6 Å². The van der Waals surface area contributed by atoms with Crippen molar-refractivity contribution in [3.05, 3.63) is 71.8 Å². The molecule has 0 aliphatic carbocycles. The van der Waals surface area contributed by atoms with Crippen molar-refractivity contribution in [1.29, 1.82) is 0 Å². The predicted octanol–water partition coefficient (Wildman–Crippen LogP) is 3.44. The minimum atomic E-state index is -3.54. The van der Waals surface area contributed by atoms with Crippen molar-refractivity contribution in [1.82, 2.24) is 5.32 Å². The number of hydrogen-bond acceptors (Lipinski definition) is 4. The summed E-state index contributed by atoms with van der Waals surface area (Å²) >= 11 is 5.96. The molecular formula is C21H24ClN3O4S. The molecule has 0 aliphatic heterocycles. The van der Waals surface area contributed by atoms with Crippen LogP contribution in [0.2, 0.25) is 5.02 Å². The van der Waals surface area contributed by atoms with Gasteiger partial charge >= 0.3 is 0 Å². The lowest BCUT2D eigenvalue weighted by Gasteiger charge is -2.22. The fraction of sp³-hybridized carbons (Fsp3) is 0.238. The minimum Gasteiger partial charge on any atom is -0.349 e. The van der Waals surface area contributed by atoms with Gasteiger partial charge in [-0.1, -0.05) is 35.9 Å². The lowest BCUT2D eigenvalue weighted by molar-refractivity contribution is -0.116. The van der Waals surface area contributed by atoms with Gasteiger partial charge in [-0.05, 0) is 36.8 Å². The summed E-state index contributed by atoms with van der Waals surface area (Å²) in [7, 11) is -3.54. The van der Waals surface area contributed by atoms with Gasteiger partial charge in [0.15, 0.2) is 0 Å². The molecule has 0 radical (unpaired) electrons. The van der Waals surface area contributed by atoms with Crippen LogP contribution in [0.3, 0.4) is 0 Å². The highest BCUT2D eigenvalue weighted by Gasteiger charge is 2.18. The Morgan fingerprint density at radius 1 is 1.17 bits per heavy atom. The van der Waals surface area contributed by atoms with Gasteiger partial charge in [-0.25, -0.2) is 8.42 Å². The van der Waals surface area contributed by atoms with E-state index in [1.165, 1.54) is 4.31 Å². The molecule has 0 saturated carbocycles. The number of rotatable bonds is 10. The Balaban J connectivity index is 2.01. The van der Waals surface area contributed by atoms with Gasteiger partial charge in [-0.15, -0.1) is 6.58 Å². The molecule has 2 N–H and O–H groups in total. The molecule has 2 amide bonds. The Hall–Kier alpha value is -2.84. The van der Waals surface area contributed by atoms with Gasteiger partial charge in [0.25, 0.3) is 5.91 Å². The third-order valence-corrected chi connectivity index (χ3v) is 5.54. The molecule has 0 atom stereocenters. The number of carbonyl (C=O) groups is 2. The largest absolute Gasteiger partial charge is 0.349 e. The first-order valence-corrected chi connectivity index (χ1v) is 11.5. The minimum absolute atomic E-state index is 0.0786. The molecule has 0 saturated heterocycles. The van der Waals surface area contributed by atoms with Crippen LogP contribution >= 0.6 is 11.6 Å². The molecule has 7 nitrogen and oxygen atoms in total. The van der Waals surface area contributed by atoms with E-state index in [0.717, 1.165) is 6.26 Å². The lowest BCUT2D eigenvalue weighted by Crippen LogP contribution is -2.31. The fourth-order valence-corrected chi connectivity index (χ4v) is 3.91. The van der Waals surface area contributed by atoms with Crippen molar-refractivity contribution >= 4 is 44.8 Å². The highest BCUT2D eigenvalue weighted by atomic mass is 35.5. The van der Waals surface area contributed by atoms with Crippen LogP contribution in [-0.4, -0.2) is 39.6 Å². The van der Waals surface area contributed by atoms with Crippen LogP contribution in [0.4, 0.5) is 11.4 Å². The van der Waals surface area contributed by atoms with Crippen molar-refractivity contribution in [2.24, 2.45) is 0 Å². The topological polar surface area (TPSA) is 95.6 Å². The summed E-state index contributed by atoms with van der Waals surface area (Å²) in [5, 5.41) is 5.80. The Labute approximate surface area is 181 Å². The van der Waals surface area contributed by atoms with Crippen molar-refractivity contribution in [2.45, 2.75) is 12.8 Å². The van der Waals surface area contributed by atoms with Crippen molar-refractivity contribution in [2.75, 3.05) is 29.0 Å². The molecule has 160 valence electrons. The zero-order chi connectivity index (χ0) is 22.1. The molecule has 0 spiro atoms. The monoisotopic (exact) mass is 449 g/mol. The Kier molecular flexibility index (Phi) is 8.44. The van der Waals surface area contributed by atoms with Gasteiger partial charge < -0.3 is 10.6 Å². The molecule has 2 aromatic rings. The van der Waals surface area contributed by atoms with E-state index in [4.69, 9.17) is 11.6 Å². The average molecular weight is 450 g/mol. The summed E-state index contributed by atoms with van der Waals surface area (Å²) < 4.78 is 25.5. The molecular weight excluding hydrogens is 426 g/mol. The number of nitrogens with zero attached hydrogens (tertiary/aromatic N) is 1. The van der Waals surface area contributed by atoms with Crippen LogP contribution in [0.25, 0.3) is 0 Å². The van der Waals surface area contributed by atoms with Gasteiger partial charge in [0.2, 0.25) is 15.9 Å². The quantitative estimate of drug-likeness (QED) is 0.543. The summed E-state index contributed by atoms with van der Waals surface area (Å²) in [5.74, 6) is -0.645. The van der Waals surface area contributed by atoms with Gasteiger partial charge in [-0.3, -0.25) is 13.9 Å². The second-order valence-corrected chi connectivity index (χ2v) is 8.85. The normalized spacial score (nSPS) is 10.9. The highest BCUT2D eigenvalue weighted by Crippen LogP contribution is 2.22. The smallest absolute Gasteiger partial charge is 0.253 e. The van der Waals surface area contributed by atoms with Gasteiger partial charge in [0.1, 0.15) is 0 Å². The van der Waals surface area contributed by atoms with E-state index >= 15 is 0 Å². The second kappa shape index (κ2) is 10.8. The van der Waals surface area contributed by atoms with Gasteiger partial charge in [-0.2, -0.15) is 0 Å². The number of carbonyl (C=O) groups excluding carboxylic acids is 2. The number of amides is 2. The summed E-state index contributed by atoms with van der Waals surface area (Å²) in [5.41, 5.74) is 1.16. The van der Waals surface area contributed by atoms with Crippen molar-refractivity contribution in [3.63, 3.8) is 0 Å². The second-order valence-electron chi connectivity index (χ2n) is 6.51. The Morgan fingerprint density at radius 2 is 1.90 bits per heavy atom. The number of para-hydroxylation sites is 1. The summed E-state index contributed by atoms with van der Waals surface area (Å²) in [6.45, 7) is 3.98. The summed E-state index contributed by atoms with van der Waals surface area (Å²) in [6.07, 6.45) is 3.03. The number of benzene rings is 2. The van der Waals surface area contributed by atoms with Crippen LogP contribution in [0, 0.1) is 0 Å². The van der Waals surface area contributed by atoms with E-state index in [2.05, 4.69) is 17.2 Å². The first kappa shape index (κ1) is 23.4. The van der Waals surface area contributed by atoms with E-state index in [0.29, 0.717) is 28.5 Å². The van der Waals surface area contributed by atoms with Crippen LogP contribution < -0.4 is 14.9 Å². The molecule has 30 heavy (non-hydrogen) atoms.